The van der Waals surface area contributed by atoms with E-state index in [0.717, 1.165) is 35.7 Å². The molecule has 3 heterocycles. The molecule has 7 heteroatoms. The van der Waals surface area contributed by atoms with Crippen LogP contribution in [0.5, 0.6) is 0 Å². The van der Waals surface area contributed by atoms with Crippen LogP contribution in [0.15, 0.2) is 60.8 Å². The maximum Gasteiger partial charge on any atom is 0.252 e. The standard InChI is InChI=1S/C26H25N5O2/c27-12-14-29-26(32)20-5-3-19(4-6-20)24-11-13-28-25(30-24)15-18-1-7-21(8-2-18)31-16-22-9-10-23(17-31)33-22/h1-8,11,13,22-23H,9-10,14-17H2,(H,29,32). The predicted molar refractivity (Wildman–Crippen MR) is 125 cm³/mol. The van der Waals surface area contributed by atoms with Crippen molar-refractivity contribution >= 4 is 11.6 Å². The lowest BCUT2D eigenvalue weighted by molar-refractivity contribution is 0.0305. The van der Waals surface area contributed by atoms with Crippen molar-refractivity contribution in [2.45, 2.75) is 31.5 Å². The number of ether oxygens (including phenoxy) is 1. The van der Waals surface area contributed by atoms with Crippen LogP contribution >= 0.6 is 0 Å². The van der Waals surface area contributed by atoms with Crippen LogP contribution in [-0.4, -0.2) is 47.7 Å². The number of anilines is 1. The van der Waals surface area contributed by atoms with Gasteiger partial charge in [-0.2, -0.15) is 5.26 Å². The second-order valence-corrected chi connectivity index (χ2v) is 8.48. The predicted octanol–water partition coefficient (Wildman–Crippen LogP) is 3.36. The fraction of sp³-hybridized carbons (Fsp3) is 0.308. The molecule has 0 radical (unpaired) electrons. The highest BCUT2D eigenvalue weighted by molar-refractivity contribution is 5.94. The molecule has 7 nitrogen and oxygen atoms in total. The van der Waals surface area contributed by atoms with Crippen LogP contribution in [-0.2, 0) is 11.2 Å². The third kappa shape index (κ3) is 4.86. The lowest BCUT2D eigenvalue weighted by Gasteiger charge is -2.33. The van der Waals surface area contributed by atoms with Crippen molar-refractivity contribution in [1.29, 1.82) is 5.26 Å². The number of hydrogen-bond acceptors (Lipinski definition) is 6. The van der Waals surface area contributed by atoms with Gasteiger partial charge in [-0.1, -0.05) is 24.3 Å². The highest BCUT2D eigenvalue weighted by atomic mass is 16.5. The molecule has 0 saturated carbocycles. The first kappa shape index (κ1) is 21.1. The Morgan fingerprint density at radius 2 is 1.79 bits per heavy atom. The summed E-state index contributed by atoms with van der Waals surface area (Å²) in [7, 11) is 0. The van der Waals surface area contributed by atoms with E-state index in [4.69, 9.17) is 15.0 Å². The number of nitrogens with zero attached hydrogens (tertiary/aromatic N) is 4. The molecule has 166 valence electrons. The van der Waals surface area contributed by atoms with Gasteiger partial charge in [0.25, 0.3) is 5.91 Å². The normalized spacial score (nSPS) is 19.2. The summed E-state index contributed by atoms with van der Waals surface area (Å²) in [6, 6.07) is 19.6. The first-order valence-electron chi connectivity index (χ1n) is 11.2. The number of nitrogens with one attached hydrogen (secondary N) is 1. The lowest BCUT2D eigenvalue weighted by Crippen LogP contribution is -2.42. The maximum atomic E-state index is 12.0. The molecule has 1 N–H and O–H groups in total. The van der Waals surface area contributed by atoms with Crippen molar-refractivity contribution in [2.75, 3.05) is 24.5 Å². The van der Waals surface area contributed by atoms with Crippen LogP contribution in [0.2, 0.25) is 0 Å². The SMILES string of the molecule is N#CCNC(=O)c1ccc(-c2ccnc(Cc3ccc(N4CC5CCC(C4)O5)cc3)n2)cc1. The van der Waals surface area contributed by atoms with Crippen molar-refractivity contribution < 1.29 is 9.53 Å². The zero-order valence-electron chi connectivity index (χ0n) is 18.3. The van der Waals surface area contributed by atoms with Crippen molar-refractivity contribution in [1.82, 2.24) is 15.3 Å². The van der Waals surface area contributed by atoms with Crippen LogP contribution in [0.1, 0.15) is 34.6 Å². The summed E-state index contributed by atoms with van der Waals surface area (Å²) in [5.41, 5.74) is 4.64. The molecule has 1 aromatic heterocycles. The number of nitriles is 1. The molecule has 0 spiro atoms. The van der Waals surface area contributed by atoms with Gasteiger partial charge in [0.1, 0.15) is 12.4 Å². The fourth-order valence-electron chi connectivity index (χ4n) is 4.49. The van der Waals surface area contributed by atoms with Crippen LogP contribution in [0, 0.1) is 11.3 Å². The first-order chi connectivity index (χ1) is 16.2. The molecule has 3 aromatic rings. The average Bonchev–Trinajstić information content (AvgIpc) is 3.20. The van der Waals surface area contributed by atoms with E-state index in [1.165, 1.54) is 18.5 Å². The van der Waals surface area contributed by atoms with Gasteiger partial charge in [0, 0.05) is 42.5 Å². The van der Waals surface area contributed by atoms with Gasteiger partial charge in [0.2, 0.25) is 0 Å². The number of fused-ring (bicyclic) bond motifs is 2. The summed E-state index contributed by atoms with van der Waals surface area (Å²) in [6.45, 7) is 1.93. The third-order valence-corrected chi connectivity index (χ3v) is 6.18. The van der Waals surface area contributed by atoms with Gasteiger partial charge in [0.05, 0.1) is 24.0 Å². The monoisotopic (exact) mass is 439 g/mol. The molecule has 2 fully saturated rings. The molecule has 2 aliphatic rings. The summed E-state index contributed by atoms with van der Waals surface area (Å²) in [5.74, 6) is 0.486. The quantitative estimate of drug-likeness (QED) is 0.593. The van der Waals surface area contributed by atoms with Crippen molar-refractivity contribution in [3.8, 4) is 17.3 Å². The molecule has 2 saturated heterocycles. The second-order valence-electron chi connectivity index (χ2n) is 8.48. The third-order valence-electron chi connectivity index (χ3n) is 6.18. The Morgan fingerprint density at radius 1 is 1.06 bits per heavy atom. The summed E-state index contributed by atoms with van der Waals surface area (Å²) in [6.07, 6.45) is 5.51. The lowest BCUT2D eigenvalue weighted by atomic mass is 10.1. The van der Waals surface area contributed by atoms with Gasteiger partial charge in [-0.05, 0) is 48.7 Å². The Bertz CT molecular complexity index is 1160. The molecule has 5 rings (SSSR count). The molecule has 2 atom stereocenters. The van der Waals surface area contributed by atoms with Crippen LogP contribution in [0.25, 0.3) is 11.3 Å². The summed E-state index contributed by atoms with van der Waals surface area (Å²) >= 11 is 0. The van der Waals surface area contributed by atoms with E-state index in [0.29, 0.717) is 24.2 Å². The van der Waals surface area contributed by atoms with Gasteiger partial charge in [-0.15, -0.1) is 0 Å². The van der Waals surface area contributed by atoms with Gasteiger partial charge >= 0.3 is 0 Å². The molecule has 2 bridgehead atoms. The minimum absolute atomic E-state index is 0.00961. The number of benzene rings is 2. The highest BCUT2D eigenvalue weighted by Gasteiger charge is 2.33. The minimum Gasteiger partial charge on any atom is -0.371 e. The van der Waals surface area contributed by atoms with E-state index in [1.54, 1.807) is 18.3 Å². The fourth-order valence-corrected chi connectivity index (χ4v) is 4.49. The van der Waals surface area contributed by atoms with Crippen LogP contribution < -0.4 is 10.2 Å². The minimum atomic E-state index is -0.264. The van der Waals surface area contributed by atoms with E-state index >= 15 is 0 Å². The molecule has 2 aromatic carbocycles. The molecular weight excluding hydrogens is 414 g/mol. The van der Waals surface area contributed by atoms with Crippen molar-refractivity contribution in [2.24, 2.45) is 0 Å². The Morgan fingerprint density at radius 3 is 2.48 bits per heavy atom. The van der Waals surface area contributed by atoms with E-state index < -0.39 is 0 Å². The average molecular weight is 440 g/mol. The molecule has 2 unspecified atom stereocenters. The van der Waals surface area contributed by atoms with Gasteiger partial charge in [-0.3, -0.25) is 4.79 Å². The van der Waals surface area contributed by atoms with Gasteiger partial charge in [-0.25, -0.2) is 9.97 Å². The number of morpholine rings is 1. The van der Waals surface area contributed by atoms with E-state index in [2.05, 4.69) is 39.5 Å². The van der Waals surface area contributed by atoms with Crippen LogP contribution in [0.4, 0.5) is 5.69 Å². The summed E-state index contributed by atoms with van der Waals surface area (Å²) < 4.78 is 5.94. The summed E-state index contributed by atoms with van der Waals surface area (Å²) in [4.78, 5) is 23.6. The zero-order valence-corrected chi connectivity index (χ0v) is 18.3. The maximum absolute atomic E-state index is 12.0. The largest absolute Gasteiger partial charge is 0.371 e. The van der Waals surface area contributed by atoms with E-state index in [1.807, 2.05) is 24.3 Å². The number of hydrogen-bond donors (Lipinski definition) is 1. The summed E-state index contributed by atoms with van der Waals surface area (Å²) in [5, 5.41) is 11.1. The first-order valence-corrected chi connectivity index (χ1v) is 11.2. The highest BCUT2D eigenvalue weighted by Crippen LogP contribution is 2.30. The molecule has 1 amide bonds. The Hall–Kier alpha value is -3.76. The number of carbonyl (C=O) groups is 1. The number of aromatic nitrogens is 2. The second kappa shape index (κ2) is 9.39. The Labute approximate surface area is 193 Å². The van der Waals surface area contributed by atoms with E-state index in [-0.39, 0.29) is 12.5 Å². The smallest absolute Gasteiger partial charge is 0.252 e. The Kier molecular flexibility index (Phi) is 6.01. The molecule has 0 aliphatic carbocycles. The number of rotatable bonds is 6. The Balaban J connectivity index is 1.25. The van der Waals surface area contributed by atoms with E-state index in [9.17, 15) is 4.79 Å². The van der Waals surface area contributed by atoms with Gasteiger partial charge < -0.3 is 15.0 Å². The number of amides is 1. The van der Waals surface area contributed by atoms with Crippen LogP contribution in [0.3, 0.4) is 0 Å². The van der Waals surface area contributed by atoms with Crippen molar-refractivity contribution in [3.63, 3.8) is 0 Å². The topological polar surface area (TPSA) is 91.1 Å². The zero-order chi connectivity index (χ0) is 22.6. The molecule has 2 aliphatic heterocycles. The number of carbonyl (C=O) groups excluding carboxylic acids is 1. The molecule has 33 heavy (non-hydrogen) atoms. The molecular formula is C26H25N5O2. The van der Waals surface area contributed by atoms with Gasteiger partial charge in [0.15, 0.2) is 0 Å². The van der Waals surface area contributed by atoms with Crippen molar-refractivity contribution in [3.05, 3.63) is 77.7 Å².